The van der Waals surface area contributed by atoms with Crippen LogP contribution in [-0.4, -0.2) is 30.6 Å². The molecule has 0 radical (unpaired) electrons. The normalized spacial score (nSPS) is 11.1. The number of nitro benzene ring substituents is 2. The van der Waals surface area contributed by atoms with E-state index in [1.807, 2.05) is 0 Å². The predicted molar refractivity (Wildman–Crippen MR) is 127 cm³/mol. The van der Waals surface area contributed by atoms with Crippen LogP contribution in [0.3, 0.4) is 0 Å². The summed E-state index contributed by atoms with van der Waals surface area (Å²) in [6.45, 7) is 1.60. The maximum Gasteiger partial charge on any atom is 0.330 e. The smallest absolute Gasteiger partial charge is 0.330 e. The van der Waals surface area contributed by atoms with Gasteiger partial charge in [-0.1, -0.05) is 12.1 Å². The molecule has 2 aromatic heterocycles. The fraction of sp³-hybridized carbons (Fsp3) is 0.182. The number of benzene rings is 2. The van der Waals surface area contributed by atoms with Crippen LogP contribution in [0.1, 0.15) is 5.56 Å². The minimum absolute atomic E-state index is 0.145. The van der Waals surface area contributed by atoms with Crippen LogP contribution in [0.25, 0.3) is 27.8 Å². The Labute approximate surface area is 191 Å². The summed E-state index contributed by atoms with van der Waals surface area (Å²) in [4.78, 5) is 47.8. The number of anilines is 1. The minimum atomic E-state index is -0.591. The number of nitro groups is 2. The van der Waals surface area contributed by atoms with E-state index in [1.54, 1.807) is 30.7 Å². The number of nitrogens with zero attached hydrogens (tertiary/aromatic N) is 5. The van der Waals surface area contributed by atoms with Crippen molar-refractivity contribution in [3.05, 3.63) is 89.2 Å². The lowest BCUT2D eigenvalue weighted by atomic mass is 10.1. The molecule has 2 heterocycles. The zero-order chi connectivity index (χ0) is 24.9. The molecule has 1 N–H and O–H groups in total. The van der Waals surface area contributed by atoms with Gasteiger partial charge in [0.05, 0.1) is 37.8 Å². The summed E-state index contributed by atoms with van der Waals surface area (Å²) in [6, 6.07) is 8.74. The minimum Gasteiger partial charge on any atom is -0.386 e. The molecule has 34 heavy (non-hydrogen) atoms. The highest BCUT2D eigenvalue weighted by atomic mass is 16.6. The topological polar surface area (TPSA) is 147 Å². The van der Waals surface area contributed by atoms with Crippen LogP contribution in [0, 0.1) is 27.2 Å². The van der Waals surface area contributed by atoms with Crippen molar-refractivity contribution in [2.24, 2.45) is 14.1 Å². The van der Waals surface area contributed by atoms with Crippen molar-refractivity contribution in [1.82, 2.24) is 13.7 Å². The third kappa shape index (κ3) is 3.32. The van der Waals surface area contributed by atoms with Crippen LogP contribution in [0.5, 0.6) is 0 Å². The van der Waals surface area contributed by atoms with Gasteiger partial charge in [0, 0.05) is 56.7 Å². The molecule has 0 fully saturated rings. The molecule has 0 bridgehead atoms. The third-order valence-corrected chi connectivity index (χ3v) is 5.84. The van der Waals surface area contributed by atoms with E-state index >= 15 is 0 Å². The Bertz CT molecular complexity index is 1630. The molecule has 4 rings (SSSR count). The van der Waals surface area contributed by atoms with Gasteiger partial charge in [-0.25, -0.2) is 4.79 Å². The first-order valence-electron chi connectivity index (χ1n) is 10.1. The van der Waals surface area contributed by atoms with E-state index in [-0.39, 0.29) is 28.0 Å². The number of hydrogen-bond acceptors (Lipinski definition) is 7. The summed E-state index contributed by atoms with van der Waals surface area (Å²) in [5.41, 5.74) is 0.694. The molecule has 174 valence electrons. The van der Waals surface area contributed by atoms with Crippen molar-refractivity contribution < 1.29 is 9.85 Å². The fourth-order valence-electron chi connectivity index (χ4n) is 4.01. The molecule has 12 heteroatoms. The van der Waals surface area contributed by atoms with E-state index in [4.69, 9.17) is 0 Å². The average molecular weight is 464 g/mol. The van der Waals surface area contributed by atoms with Crippen molar-refractivity contribution in [3.8, 4) is 16.9 Å². The van der Waals surface area contributed by atoms with Gasteiger partial charge in [0.1, 0.15) is 0 Å². The lowest BCUT2D eigenvalue weighted by Gasteiger charge is -2.14. The van der Waals surface area contributed by atoms with Gasteiger partial charge in [-0.3, -0.25) is 34.2 Å². The Hall–Kier alpha value is -4.74. The van der Waals surface area contributed by atoms with Crippen LogP contribution >= 0.6 is 0 Å². The highest BCUT2D eigenvalue weighted by molar-refractivity contribution is 5.96. The van der Waals surface area contributed by atoms with Gasteiger partial charge in [0.25, 0.3) is 16.9 Å². The third-order valence-electron chi connectivity index (χ3n) is 5.84. The molecule has 0 atom stereocenters. The number of aryl methyl sites for hydroxylation is 2. The molecular formula is C22H20N6O6. The largest absolute Gasteiger partial charge is 0.386 e. The average Bonchev–Trinajstić information content (AvgIpc) is 3.21. The van der Waals surface area contributed by atoms with Crippen LogP contribution < -0.4 is 16.6 Å². The summed E-state index contributed by atoms with van der Waals surface area (Å²) in [5, 5.41) is 26.2. The SMILES string of the molecule is CNc1ccc([N+](=O)[O-])cc1-n1cc2c(c1-c1ccc(C)c([N+](=O)[O-])c1)c(=O)n(C)c(=O)n2C. The van der Waals surface area contributed by atoms with Gasteiger partial charge in [-0.15, -0.1) is 0 Å². The van der Waals surface area contributed by atoms with Crippen molar-refractivity contribution in [3.63, 3.8) is 0 Å². The zero-order valence-electron chi connectivity index (χ0n) is 18.7. The monoisotopic (exact) mass is 464 g/mol. The van der Waals surface area contributed by atoms with Gasteiger partial charge >= 0.3 is 5.69 Å². The van der Waals surface area contributed by atoms with Crippen molar-refractivity contribution in [2.75, 3.05) is 12.4 Å². The Morgan fingerprint density at radius 2 is 1.65 bits per heavy atom. The zero-order valence-corrected chi connectivity index (χ0v) is 18.7. The molecule has 0 unspecified atom stereocenters. The van der Waals surface area contributed by atoms with Crippen molar-refractivity contribution in [2.45, 2.75) is 6.92 Å². The summed E-state index contributed by atoms with van der Waals surface area (Å²) in [5.74, 6) is 0. The predicted octanol–water partition coefficient (Wildman–Crippen LogP) is 2.86. The highest BCUT2D eigenvalue weighted by Gasteiger charge is 2.24. The number of hydrogen-bond donors (Lipinski definition) is 1. The van der Waals surface area contributed by atoms with E-state index < -0.39 is 21.1 Å². The molecule has 0 spiro atoms. The van der Waals surface area contributed by atoms with E-state index in [1.165, 1.54) is 49.1 Å². The van der Waals surface area contributed by atoms with Crippen molar-refractivity contribution >= 4 is 28.0 Å². The standard InChI is InChI=1S/C22H20N6O6/c1-12-5-6-13(9-16(12)28(33)34)20-19-18(24(3)22(30)25(4)21(19)29)11-26(20)17-10-14(27(31)32)7-8-15(17)23-2/h5-11,23H,1-4H3. The fourth-order valence-corrected chi connectivity index (χ4v) is 4.01. The van der Waals surface area contributed by atoms with Crippen molar-refractivity contribution in [1.29, 1.82) is 0 Å². The van der Waals surface area contributed by atoms with Crippen LogP contribution in [-0.2, 0) is 14.1 Å². The first-order valence-corrected chi connectivity index (χ1v) is 10.1. The van der Waals surface area contributed by atoms with Gasteiger partial charge in [0.15, 0.2) is 0 Å². The summed E-state index contributed by atoms with van der Waals surface area (Å²) in [6.07, 6.45) is 1.53. The maximum atomic E-state index is 13.2. The second-order valence-electron chi connectivity index (χ2n) is 7.78. The molecule has 0 aliphatic heterocycles. The summed E-state index contributed by atoms with van der Waals surface area (Å²) < 4.78 is 3.78. The molecule has 0 aliphatic rings. The number of aromatic nitrogens is 3. The summed E-state index contributed by atoms with van der Waals surface area (Å²) in [7, 11) is 4.48. The number of nitrogens with one attached hydrogen (secondary N) is 1. The first-order chi connectivity index (χ1) is 16.1. The van der Waals surface area contributed by atoms with Crippen LogP contribution in [0.2, 0.25) is 0 Å². The first kappa shape index (κ1) is 22.5. The van der Waals surface area contributed by atoms with E-state index in [0.29, 0.717) is 22.5 Å². The Balaban J connectivity index is 2.24. The molecule has 0 aliphatic carbocycles. The lowest BCUT2D eigenvalue weighted by molar-refractivity contribution is -0.385. The molecular weight excluding hydrogens is 444 g/mol. The number of non-ortho nitro benzene ring substituents is 1. The molecule has 0 saturated heterocycles. The van der Waals surface area contributed by atoms with Gasteiger partial charge < -0.3 is 9.88 Å². The number of fused-ring (bicyclic) bond motifs is 1. The molecule has 2 aromatic carbocycles. The molecule has 0 amide bonds. The molecule has 0 saturated carbocycles. The van der Waals surface area contributed by atoms with Gasteiger partial charge in [-0.05, 0) is 13.0 Å². The van der Waals surface area contributed by atoms with E-state index in [2.05, 4.69) is 5.32 Å². The maximum absolute atomic E-state index is 13.2. The Kier molecular flexibility index (Phi) is 5.28. The summed E-state index contributed by atoms with van der Waals surface area (Å²) >= 11 is 0. The highest BCUT2D eigenvalue weighted by Crippen LogP contribution is 2.36. The van der Waals surface area contributed by atoms with Gasteiger partial charge in [0.2, 0.25) is 0 Å². The van der Waals surface area contributed by atoms with Crippen LogP contribution in [0.4, 0.5) is 17.1 Å². The molecule has 4 aromatic rings. The Morgan fingerprint density at radius 1 is 0.941 bits per heavy atom. The quantitative estimate of drug-likeness (QED) is 0.353. The van der Waals surface area contributed by atoms with E-state index in [9.17, 15) is 29.8 Å². The second kappa shape index (κ2) is 7.99. The van der Waals surface area contributed by atoms with Gasteiger partial charge in [-0.2, -0.15) is 0 Å². The number of rotatable bonds is 5. The lowest BCUT2D eigenvalue weighted by Crippen LogP contribution is -2.36. The molecule has 12 nitrogen and oxygen atoms in total. The second-order valence-corrected chi connectivity index (χ2v) is 7.78. The van der Waals surface area contributed by atoms with Crippen LogP contribution in [0.15, 0.2) is 52.2 Å². The van der Waals surface area contributed by atoms with E-state index in [0.717, 1.165) is 4.57 Å². The Morgan fingerprint density at radius 3 is 2.26 bits per heavy atom.